The Balaban J connectivity index is 1.66. The first kappa shape index (κ1) is 16.1. The van der Waals surface area contributed by atoms with Gasteiger partial charge in [0, 0.05) is 19.8 Å². The molecule has 1 aliphatic carbocycles. The van der Waals surface area contributed by atoms with Gasteiger partial charge in [-0.2, -0.15) is 4.39 Å². The van der Waals surface area contributed by atoms with E-state index >= 15 is 0 Å². The average Bonchev–Trinajstić information content (AvgIpc) is 2.58. The molecule has 2 aliphatic rings. The molecule has 1 atom stereocenters. The standard InChI is InChI=1S/C20H24FNO/c1-14-4-9-18(23-19(14)21)17-7-5-15(6-8-17)16-10-12-20(2,22-3)13-11-16/h5-8,16,18H,4,9-13H2,1-2H3. The quantitative estimate of drug-likeness (QED) is 0.604. The molecule has 0 bridgehead atoms. The van der Waals surface area contributed by atoms with Gasteiger partial charge in [-0.3, -0.25) is 0 Å². The number of nitrogens with zero attached hydrogens (tertiary/aromatic N) is 1. The van der Waals surface area contributed by atoms with Gasteiger partial charge in [-0.05, 0) is 55.2 Å². The number of ether oxygens (including phenoxy) is 1. The summed E-state index contributed by atoms with van der Waals surface area (Å²) < 4.78 is 19.0. The summed E-state index contributed by atoms with van der Waals surface area (Å²) in [6, 6.07) is 8.07. The molecule has 0 N–H and O–H groups in total. The average molecular weight is 313 g/mol. The van der Waals surface area contributed by atoms with E-state index in [0.29, 0.717) is 11.5 Å². The molecule has 1 aromatic rings. The molecule has 23 heavy (non-hydrogen) atoms. The highest BCUT2D eigenvalue weighted by Gasteiger charge is 2.36. The minimum Gasteiger partial charge on any atom is -0.463 e. The Morgan fingerprint density at radius 1 is 1.13 bits per heavy atom. The van der Waals surface area contributed by atoms with Crippen molar-refractivity contribution in [3.8, 4) is 0 Å². The van der Waals surface area contributed by atoms with E-state index in [-0.39, 0.29) is 11.6 Å². The number of hydrogen-bond acceptors (Lipinski definition) is 1. The van der Waals surface area contributed by atoms with E-state index in [9.17, 15) is 4.39 Å². The van der Waals surface area contributed by atoms with Gasteiger partial charge < -0.3 is 9.58 Å². The Bertz CT molecular complexity index is 633. The van der Waals surface area contributed by atoms with Crippen LogP contribution >= 0.6 is 0 Å². The van der Waals surface area contributed by atoms with Crippen molar-refractivity contribution in [3.05, 3.63) is 58.4 Å². The van der Waals surface area contributed by atoms with Crippen molar-refractivity contribution in [2.24, 2.45) is 0 Å². The summed E-state index contributed by atoms with van der Waals surface area (Å²) in [5, 5.41) is 0. The third-order valence-electron chi connectivity index (χ3n) is 5.48. The van der Waals surface area contributed by atoms with Crippen molar-refractivity contribution in [1.29, 1.82) is 0 Å². The molecule has 0 spiro atoms. The number of hydrogen-bond donors (Lipinski definition) is 0. The van der Waals surface area contributed by atoms with E-state index < -0.39 is 6.01 Å². The van der Waals surface area contributed by atoms with Gasteiger partial charge in [0.15, 0.2) is 0 Å². The summed E-state index contributed by atoms with van der Waals surface area (Å²) in [6.07, 6.45) is 5.54. The third kappa shape index (κ3) is 3.42. The Morgan fingerprint density at radius 2 is 1.74 bits per heavy atom. The van der Waals surface area contributed by atoms with Gasteiger partial charge in [0.2, 0.25) is 5.54 Å². The van der Waals surface area contributed by atoms with Crippen LogP contribution in [0.2, 0.25) is 0 Å². The summed E-state index contributed by atoms with van der Waals surface area (Å²) in [5.74, 6) is 0.546. The lowest BCUT2D eigenvalue weighted by molar-refractivity contribution is 0.0442. The second kappa shape index (κ2) is 6.35. The van der Waals surface area contributed by atoms with Crippen LogP contribution in [0.4, 0.5) is 4.39 Å². The van der Waals surface area contributed by atoms with E-state index in [4.69, 9.17) is 11.3 Å². The van der Waals surface area contributed by atoms with E-state index in [1.165, 1.54) is 5.56 Å². The van der Waals surface area contributed by atoms with E-state index in [1.807, 2.05) is 0 Å². The Labute approximate surface area is 138 Å². The maximum absolute atomic E-state index is 13.6. The Morgan fingerprint density at radius 3 is 2.30 bits per heavy atom. The number of benzene rings is 1. The third-order valence-corrected chi connectivity index (χ3v) is 5.48. The molecule has 122 valence electrons. The molecule has 1 fully saturated rings. The largest absolute Gasteiger partial charge is 0.463 e. The van der Waals surface area contributed by atoms with Gasteiger partial charge in [-0.25, -0.2) is 6.57 Å². The zero-order valence-corrected chi connectivity index (χ0v) is 13.9. The van der Waals surface area contributed by atoms with Crippen molar-refractivity contribution in [2.45, 2.75) is 69.9 Å². The highest BCUT2D eigenvalue weighted by Crippen LogP contribution is 2.40. The molecule has 0 amide bonds. The molecule has 1 saturated carbocycles. The molecular weight excluding hydrogens is 289 g/mol. The van der Waals surface area contributed by atoms with Gasteiger partial charge in [-0.15, -0.1) is 0 Å². The molecular formula is C20H24FNO. The van der Waals surface area contributed by atoms with Gasteiger partial charge in [-0.1, -0.05) is 24.3 Å². The Kier molecular flexibility index (Phi) is 4.43. The second-order valence-electron chi connectivity index (χ2n) is 7.25. The van der Waals surface area contributed by atoms with Gasteiger partial charge in [0.25, 0.3) is 6.01 Å². The van der Waals surface area contributed by atoms with Crippen LogP contribution in [0, 0.1) is 6.57 Å². The molecule has 3 rings (SSSR count). The SMILES string of the molecule is [C-]#[N+]C1(C)CCC(c2ccc(C3CCC(C)=C(F)O3)cc2)CC1. The first-order valence-corrected chi connectivity index (χ1v) is 8.51. The van der Waals surface area contributed by atoms with E-state index in [0.717, 1.165) is 44.1 Å². The lowest BCUT2D eigenvalue weighted by Crippen LogP contribution is -2.26. The first-order chi connectivity index (χ1) is 11.0. The van der Waals surface area contributed by atoms with Crippen LogP contribution in [-0.2, 0) is 4.74 Å². The van der Waals surface area contributed by atoms with Crippen LogP contribution < -0.4 is 0 Å². The molecule has 3 heteroatoms. The number of halogens is 1. The van der Waals surface area contributed by atoms with Crippen LogP contribution in [0.5, 0.6) is 0 Å². The maximum Gasteiger partial charge on any atom is 0.272 e. The second-order valence-corrected chi connectivity index (χ2v) is 7.25. The van der Waals surface area contributed by atoms with Crippen molar-refractivity contribution in [1.82, 2.24) is 0 Å². The van der Waals surface area contributed by atoms with Crippen molar-refractivity contribution >= 4 is 0 Å². The van der Waals surface area contributed by atoms with Crippen LogP contribution in [0.15, 0.2) is 35.9 Å². The molecule has 1 unspecified atom stereocenters. The number of rotatable bonds is 2. The zero-order chi connectivity index (χ0) is 16.4. The number of allylic oxidation sites excluding steroid dienone is 1. The minimum atomic E-state index is -0.406. The van der Waals surface area contributed by atoms with Crippen molar-refractivity contribution < 1.29 is 9.13 Å². The van der Waals surface area contributed by atoms with Gasteiger partial charge >= 0.3 is 0 Å². The smallest absolute Gasteiger partial charge is 0.272 e. The van der Waals surface area contributed by atoms with Gasteiger partial charge in [0.05, 0.1) is 0 Å². The zero-order valence-electron chi connectivity index (χ0n) is 13.9. The predicted molar refractivity (Wildman–Crippen MR) is 89.5 cm³/mol. The molecule has 1 aliphatic heterocycles. The van der Waals surface area contributed by atoms with Crippen LogP contribution in [-0.4, -0.2) is 5.54 Å². The van der Waals surface area contributed by atoms with Crippen molar-refractivity contribution in [3.63, 3.8) is 0 Å². The maximum atomic E-state index is 13.6. The van der Waals surface area contributed by atoms with Crippen molar-refractivity contribution in [2.75, 3.05) is 0 Å². The van der Waals surface area contributed by atoms with Crippen LogP contribution in [0.1, 0.15) is 75.5 Å². The minimum absolute atomic E-state index is 0.159. The first-order valence-electron chi connectivity index (χ1n) is 8.51. The molecule has 1 heterocycles. The lowest BCUT2D eigenvalue weighted by atomic mass is 9.75. The molecule has 2 nitrogen and oxygen atoms in total. The lowest BCUT2D eigenvalue weighted by Gasteiger charge is -2.29. The topological polar surface area (TPSA) is 13.6 Å². The fourth-order valence-corrected chi connectivity index (χ4v) is 3.63. The summed E-state index contributed by atoms with van der Waals surface area (Å²) in [5.41, 5.74) is 2.94. The summed E-state index contributed by atoms with van der Waals surface area (Å²) in [7, 11) is 0. The highest BCUT2D eigenvalue weighted by atomic mass is 19.1. The Hall–Kier alpha value is -1.82. The van der Waals surface area contributed by atoms with E-state index in [1.54, 1.807) is 6.92 Å². The van der Waals surface area contributed by atoms with E-state index in [2.05, 4.69) is 36.0 Å². The summed E-state index contributed by atoms with van der Waals surface area (Å²) in [4.78, 5) is 3.79. The summed E-state index contributed by atoms with van der Waals surface area (Å²) in [6.45, 7) is 11.2. The molecule has 1 aromatic carbocycles. The highest BCUT2D eigenvalue weighted by molar-refractivity contribution is 5.28. The van der Waals surface area contributed by atoms with Crippen LogP contribution in [0.25, 0.3) is 4.85 Å². The predicted octanol–water partition coefficient (Wildman–Crippen LogP) is 6.07. The summed E-state index contributed by atoms with van der Waals surface area (Å²) >= 11 is 0. The molecule has 0 saturated heterocycles. The fraction of sp³-hybridized carbons (Fsp3) is 0.550. The normalized spacial score (nSPS) is 31.4. The molecule has 0 radical (unpaired) electrons. The molecule has 0 aromatic heterocycles. The fourth-order valence-electron chi connectivity index (χ4n) is 3.63. The van der Waals surface area contributed by atoms with Gasteiger partial charge in [0.1, 0.15) is 6.10 Å². The monoisotopic (exact) mass is 313 g/mol. The van der Waals surface area contributed by atoms with Crippen LogP contribution in [0.3, 0.4) is 0 Å².